The average Bonchev–Trinajstić information content (AvgIpc) is 2.20. The Morgan fingerprint density at radius 1 is 1.25 bits per heavy atom. The summed E-state index contributed by atoms with van der Waals surface area (Å²) in [4.78, 5) is 11.2. The third-order valence-electron chi connectivity index (χ3n) is 3.01. The number of hydrogen-bond acceptors (Lipinski definition) is 2. The molecule has 0 heterocycles. The van der Waals surface area contributed by atoms with Crippen LogP contribution in [0.2, 0.25) is 0 Å². The van der Waals surface area contributed by atoms with E-state index >= 15 is 0 Å². The van der Waals surface area contributed by atoms with E-state index in [0.29, 0.717) is 13.0 Å². The fourth-order valence-electron chi connectivity index (χ4n) is 1.94. The van der Waals surface area contributed by atoms with Gasteiger partial charge in [0.2, 0.25) is 0 Å². The van der Waals surface area contributed by atoms with Crippen LogP contribution >= 0.6 is 0 Å². The van der Waals surface area contributed by atoms with Crippen LogP contribution in [-0.4, -0.2) is 17.6 Å². The molecular weight excluding hydrogens is 202 g/mol. The number of hydrogen-bond donors (Lipinski definition) is 2. The number of carbonyl (C=O) groups is 1. The van der Waals surface area contributed by atoms with Crippen molar-refractivity contribution >= 4 is 5.97 Å². The van der Waals surface area contributed by atoms with Gasteiger partial charge in [-0.3, -0.25) is 4.79 Å². The van der Waals surface area contributed by atoms with Gasteiger partial charge < -0.3 is 10.8 Å². The molecule has 1 aromatic rings. The summed E-state index contributed by atoms with van der Waals surface area (Å²) in [5, 5.41) is 9.19. The molecule has 3 N–H and O–H groups in total. The molecule has 0 saturated carbocycles. The number of carboxylic acids is 1. The first-order valence-electron chi connectivity index (χ1n) is 5.48. The van der Waals surface area contributed by atoms with Crippen LogP contribution in [0.4, 0.5) is 0 Å². The minimum atomic E-state index is -0.795. The number of aliphatic carboxylic acids is 1. The smallest absolute Gasteiger partial charge is 0.311 e. The first kappa shape index (κ1) is 12.7. The minimum Gasteiger partial charge on any atom is -0.481 e. The highest BCUT2D eigenvalue weighted by Gasteiger charge is 2.21. The van der Waals surface area contributed by atoms with Crippen LogP contribution in [0.15, 0.2) is 12.1 Å². The molecule has 1 aromatic carbocycles. The van der Waals surface area contributed by atoms with E-state index in [1.54, 1.807) is 0 Å². The van der Waals surface area contributed by atoms with Crippen LogP contribution in [0.1, 0.15) is 34.6 Å². The van der Waals surface area contributed by atoms with Crippen molar-refractivity contribution in [1.82, 2.24) is 0 Å². The molecule has 0 bridgehead atoms. The molecule has 1 unspecified atom stereocenters. The maximum Gasteiger partial charge on any atom is 0.311 e. The molecule has 0 aromatic heterocycles. The van der Waals surface area contributed by atoms with Crippen LogP contribution in [-0.2, 0) is 4.79 Å². The van der Waals surface area contributed by atoms with Crippen LogP contribution < -0.4 is 5.73 Å². The molecule has 16 heavy (non-hydrogen) atoms. The molecule has 0 aliphatic carbocycles. The van der Waals surface area contributed by atoms with Gasteiger partial charge in [0.25, 0.3) is 0 Å². The molecule has 0 spiro atoms. The van der Waals surface area contributed by atoms with Gasteiger partial charge in [-0.2, -0.15) is 0 Å². The topological polar surface area (TPSA) is 63.3 Å². The SMILES string of the molecule is Cc1cc(C)c(C(CCN)C(=O)O)cc1C. The molecule has 0 fully saturated rings. The van der Waals surface area contributed by atoms with E-state index < -0.39 is 11.9 Å². The van der Waals surface area contributed by atoms with Gasteiger partial charge >= 0.3 is 5.97 Å². The van der Waals surface area contributed by atoms with Gasteiger partial charge in [0.1, 0.15) is 0 Å². The molecule has 88 valence electrons. The molecule has 1 rings (SSSR count). The Kier molecular flexibility index (Phi) is 4.07. The summed E-state index contributed by atoms with van der Waals surface area (Å²) in [6.07, 6.45) is 0.485. The van der Waals surface area contributed by atoms with Gasteiger partial charge in [0.15, 0.2) is 0 Å². The lowest BCUT2D eigenvalue weighted by molar-refractivity contribution is -0.138. The van der Waals surface area contributed by atoms with E-state index in [4.69, 9.17) is 5.73 Å². The molecule has 0 saturated heterocycles. The second kappa shape index (κ2) is 5.12. The van der Waals surface area contributed by atoms with Gasteiger partial charge in [-0.25, -0.2) is 0 Å². The summed E-state index contributed by atoms with van der Waals surface area (Å²) in [7, 11) is 0. The predicted octanol–water partition coefficient (Wildman–Crippen LogP) is 2.13. The number of aryl methyl sites for hydroxylation is 3. The Balaban J connectivity index is 3.18. The van der Waals surface area contributed by atoms with Crippen molar-refractivity contribution in [3.8, 4) is 0 Å². The lowest BCUT2D eigenvalue weighted by Gasteiger charge is -2.16. The molecule has 0 aliphatic heterocycles. The highest BCUT2D eigenvalue weighted by Crippen LogP contribution is 2.25. The van der Waals surface area contributed by atoms with E-state index in [2.05, 4.69) is 0 Å². The van der Waals surface area contributed by atoms with Gasteiger partial charge in [-0.15, -0.1) is 0 Å². The zero-order valence-corrected chi connectivity index (χ0v) is 10.1. The predicted molar refractivity (Wildman–Crippen MR) is 64.7 cm³/mol. The van der Waals surface area contributed by atoms with E-state index in [0.717, 1.165) is 16.7 Å². The summed E-state index contributed by atoms with van der Waals surface area (Å²) >= 11 is 0. The summed E-state index contributed by atoms with van der Waals surface area (Å²) in [5.41, 5.74) is 9.70. The molecule has 1 atom stereocenters. The third kappa shape index (κ3) is 2.61. The van der Waals surface area contributed by atoms with Gasteiger partial charge in [0.05, 0.1) is 5.92 Å². The highest BCUT2D eigenvalue weighted by molar-refractivity contribution is 5.76. The Morgan fingerprint density at radius 2 is 1.81 bits per heavy atom. The monoisotopic (exact) mass is 221 g/mol. The summed E-state index contributed by atoms with van der Waals surface area (Å²) < 4.78 is 0. The van der Waals surface area contributed by atoms with Crippen molar-refractivity contribution in [2.75, 3.05) is 6.54 Å². The number of rotatable bonds is 4. The van der Waals surface area contributed by atoms with Crippen molar-refractivity contribution < 1.29 is 9.90 Å². The van der Waals surface area contributed by atoms with Crippen molar-refractivity contribution in [3.05, 3.63) is 34.4 Å². The fourth-order valence-corrected chi connectivity index (χ4v) is 1.94. The molecule has 3 heteroatoms. The zero-order chi connectivity index (χ0) is 12.3. The maximum absolute atomic E-state index is 11.2. The molecule has 0 amide bonds. The Bertz CT molecular complexity index is 399. The quantitative estimate of drug-likeness (QED) is 0.818. The second-order valence-electron chi connectivity index (χ2n) is 4.26. The maximum atomic E-state index is 11.2. The minimum absolute atomic E-state index is 0.392. The van der Waals surface area contributed by atoms with Crippen LogP contribution in [0.25, 0.3) is 0 Å². The Hall–Kier alpha value is -1.35. The summed E-state index contributed by atoms with van der Waals surface area (Å²) in [6, 6.07) is 4.01. The van der Waals surface area contributed by atoms with Crippen molar-refractivity contribution in [1.29, 1.82) is 0 Å². The van der Waals surface area contributed by atoms with Gasteiger partial charge in [-0.1, -0.05) is 12.1 Å². The number of carboxylic acid groups (broad SMARTS) is 1. The summed E-state index contributed by atoms with van der Waals surface area (Å²) in [6.45, 7) is 6.38. The highest BCUT2D eigenvalue weighted by atomic mass is 16.4. The first-order chi connectivity index (χ1) is 7.47. The van der Waals surface area contributed by atoms with Crippen molar-refractivity contribution in [2.24, 2.45) is 5.73 Å². The zero-order valence-electron chi connectivity index (χ0n) is 10.1. The second-order valence-corrected chi connectivity index (χ2v) is 4.26. The van der Waals surface area contributed by atoms with Crippen LogP contribution in [0, 0.1) is 20.8 Å². The standard InChI is InChI=1S/C13H19NO2/c1-8-6-10(3)12(7-9(8)2)11(4-5-14)13(15)16/h6-7,11H,4-5,14H2,1-3H3,(H,15,16). The normalized spacial score (nSPS) is 12.5. The van der Waals surface area contributed by atoms with Gasteiger partial charge in [-0.05, 0) is 56.0 Å². The van der Waals surface area contributed by atoms with Crippen molar-refractivity contribution in [2.45, 2.75) is 33.1 Å². The summed E-state index contributed by atoms with van der Waals surface area (Å²) in [5.74, 6) is -1.28. The van der Waals surface area contributed by atoms with E-state index in [1.165, 1.54) is 5.56 Å². The Labute approximate surface area is 96.3 Å². The van der Waals surface area contributed by atoms with E-state index in [1.807, 2.05) is 32.9 Å². The van der Waals surface area contributed by atoms with Crippen molar-refractivity contribution in [3.63, 3.8) is 0 Å². The number of nitrogens with two attached hydrogens (primary N) is 1. The largest absolute Gasteiger partial charge is 0.481 e. The van der Waals surface area contributed by atoms with E-state index in [-0.39, 0.29) is 0 Å². The number of benzene rings is 1. The van der Waals surface area contributed by atoms with E-state index in [9.17, 15) is 9.90 Å². The molecule has 0 aliphatic rings. The third-order valence-corrected chi connectivity index (χ3v) is 3.01. The lowest BCUT2D eigenvalue weighted by atomic mass is 9.89. The molecule has 3 nitrogen and oxygen atoms in total. The van der Waals surface area contributed by atoms with Crippen LogP contribution in [0.5, 0.6) is 0 Å². The molecule has 0 radical (unpaired) electrons. The first-order valence-corrected chi connectivity index (χ1v) is 5.48. The lowest BCUT2D eigenvalue weighted by Crippen LogP contribution is -2.17. The van der Waals surface area contributed by atoms with Crippen LogP contribution in [0.3, 0.4) is 0 Å². The average molecular weight is 221 g/mol. The fraction of sp³-hybridized carbons (Fsp3) is 0.462. The molecular formula is C13H19NO2. The van der Waals surface area contributed by atoms with Gasteiger partial charge in [0, 0.05) is 0 Å². The Morgan fingerprint density at radius 3 is 2.31 bits per heavy atom.